The average molecular weight is 237 g/mol. The lowest BCUT2D eigenvalue weighted by atomic mass is 9.78. The second-order valence-electron chi connectivity index (χ2n) is 4.27. The van der Waals surface area contributed by atoms with Gasteiger partial charge in [0.2, 0.25) is 0 Å². The first-order valence-electron chi connectivity index (χ1n) is 5.40. The van der Waals surface area contributed by atoms with Crippen molar-refractivity contribution in [3.63, 3.8) is 0 Å². The molecule has 17 heavy (non-hydrogen) atoms. The fraction of sp³-hybridized carbons (Fsp3) is 0.500. The molecule has 3 atom stereocenters. The molecule has 90 valence electrons. The summed E-state index contributed by atoms with van der Waals surface area (Å²) in [5.74, 6) is 0.0128. The molecule has 0 radical (unpaired) electrons. The van der Waals surface area contributed by atoms with E-state index in [9.17, 15) is 4.39 Å². The van der Waals surface area contributed by atoms with Gasteiger partial charge in [0.15, 0.2) is 11.5 Å². The molecular weight excluding hydrogens is 225 g/mol. The van der Waals surface area contributed by atoms with Gasteiger partial charge in [-0.15, -0.1) is 0 Å². The Morgan fingerprint density at radius 2 is 2.29 bits per heavy atom. The van der Waals surface area contributed by atoms with E-state index in [0.717, 1.165) is 0 Å². The number of hydrogen-bond donors (Lipinski definition) is 2. The Hall–Kier alpha value is -1.76. The van der Waals surface area contributed by atoms with Gasteiger partial charge in [0.25, 0.3) is 0 Å². The van der Waals surface area contributed by atoms with E-state index < -0.39 is 6.17 Å². The third-order valence-corrected chi connectivity index (χ3v) is 3.34. The molecule has 7 heteroatoms. The Balaban J connectivity index is 2.00. The summed E-state index contributed by atoms with van der Waals surface area (Å²) < 4.78 is 15.4. The SMILES string of the molecule is Nc1ncnc2c1ncn2C1CC(CO)C1F. The number of rotatable bonds is 2. The van der Waals surface area contributed by atoms with Crippen LogP contribution in [0.25, 0.3) is 11.2 Å². The molecule has 1 saturated carbocycles. The van der Waals surface area contributed by atoms with Crippen molar-refractivity contribution in [1.29, 1.82) is 0 Å². The van der Waals surface area contributed by atoms with Gasteiger partial charge in [0.1, 0.15) is 18.0 Å². The number of imidazole rings is 1. The minimum atomic E-state index is -1.06. The van der Waals surface area contributed by atoms with Gasteiger partial charge in [-0.3, -0.25) is 0 Å². The van der Waals surface area contributed by atoms with E-state index in [1.54, 1.807) is 4.57 Å². The summed E-state index contributed by atoms with van der Waals surface area (Å²) in [6, 6.07) is -0.313. The van der Waals surface area contributed by atoms with Crippen LogP contribution in [0.1, 0.15) is 12.5 Å². The highest BCUT2D eigenvalue weighted by Gasteiger charge is 2.42. The third-order valence-electron chi connectivity index (χ3n) is 3.34. The number of anilines is 1. The van der Waals surface area contributed by atoms with E-state index in [0.29, 0.717) is 23.4 Å². The molecule has 1 fully saturated rings. The molecule has 0 saturated heterocycles. The monoisotopic (exact) mass is 237 g/mol. The quantitative estimate of drug-likeness (QED) is 0.784. The van der Waals surface area contributed by atoms with Gasteiger partial charge in [-0.05, 0) is 6.42 Å². The first kappa shape index (κ1) is 10.4. The Labute approximate surface area is 96.3 Å². The highest BCUT2D eigenvalue weighted by atomic mass is 19.1. The van der Waals surface area contributed by atoms with Crippen molar-refractivity contribution in [2.45, 2.75) is 18.6 Å². The second-order valence-corrected chi connectivity index (χ2v) is 4.27. The number of nitrogens with two attached hydrogens (primary N) is 1. The lowest BCUT2D eigenvalue weighted by Gasteiger charge is -2.39. The van der Waals surface area contributed by atoms with E-state index in [2.05, 4.69) is 15.0 Å². The van der Waals surface area contributed by atoms with E-state index in [-0.39, 0.29) is 18.6 Å². The van der Waals surface area contributed by atoms with E-state index in [1.165, 1.54) is 12.7 Å². The number of aliphatic hydroxyl groups is 1. The molecule has 3 rings (SSSR count). The topological polar surface area (TPSA) is 89.9 Å². The van der Waals surface area contributed by atoms with Crippen LogP contribution in [-0.2, 0) is 0 Å². The lowest BCUT2D eigenvalue weighted by molar-refractivity contribution is 0.00326. The molecule has 0 bridgehead atoms. The predicted molar refractivity (Wildman–Crippen MR) is 58.9 cm³/mol. The number of hydrogen-bond acceptors (Lipinski definition) is 5. The van der Waals surface area contributed by atoms with Crippen LogP contribution in [-0.4, -0.2) is 37.4 Å². The number of alkyl halides is 1. The Kier molecular flexibility index (Phi) is 2.22. The molecule has 6 nitrogen and oxygen atoms in total. The van der Waals surface area contributed by atoms with Gasteiger partial charge in [-0.25, -0.2) is 19.3 Å². The molecule has 3 unspecified atom stereocenters. The van der Waals surface area contributed by atoms with Crippen LogP contribution in [0.4, 0.5) is 10.2 Å². The van der Waals surface area contributed by atoms with Crippen LogP contribution in [0, 0.1) is 5.92 Å². The fourth-order valence-corrected chi connectivity index (χ4v) is 2.24. The molecule has 0 amide bonds. The van der Waals surface area contributed by atoms with Crippen LogP contribution >= 0.6 is 0 Å². The minimum absolute atomic E-state index is 0.124. The van der Waals surface area contributed by atoms with Crippen molar-refractivity contribution >= 4 is 17.0 Å². The largest absolute Gasteiger partial charge is 0.396 e. The maximum Gasteiger partial charge on any atom is 0.165 e. The zero-order valence-electron chi connectivity index (χ0n) is 8.99. The minimum Gasteiger partial charge on any atom is -0.396 e. The number of fused-ring (bicyclic) bond motifs is 1. The second kappa shape index (κ2) is 3.63. The third kappa shape index (κ3) is 1.39. The number of nitrogens with zero attached hydrogens (tertiary/aromatic N) is 4. The van der Waals surface area contributed by atoms with Crippen molar-refractivity contribution in [3.05, 3.63) is 12.7 Å². The molecule has 0 aromatic carbocycles. The summed E-state index contributed by atoms with van der Waals surface area (Å²) in [4.78, 5) is 12.0. The van der Waals surface area contributed by atoms with Crippen LogP contribution in [0.2, 0.25) is 0 Å². The van der Waals surface area contributed by atoms with Crippen molar-refractivity contribution in [3.8, 4) is 0 Å². The summed E-state index contributed by atoms with van der Waals surface area (Å²) in [6.45, 7) is -0.124. The van der Waals surface area contributed by atoms with Crippen LogP contribution < -0.4 is 5.73 Å². The van der Waals surface area contributed by atoms with Gasteiger partial charge in [0.05, 0.1) is 12.4 Å². The summed E-state index contributed by atoms with van der Waals surface area (Å²) in [5.41, 5.74) is 6.69. The molecule has 2 heterocycles. The van der Waals surface area contributed by atoms with Crippen molar-refractivity contribution in [1.82, 2.24) is 19.5 Å². The van der Waals surface area contributed by atoms with E-state index >= 15 is 0 Å². The Bertz CT molecular complexity index is 557. The molecular formula is C10H12FN5O. The lowest BCUT2D eigenvalue weighted by Crippen LogP contribution is -2.42. The highest BCUT2D eigenvalue weighted by molar-refractivity contribution is 5.81. The molecule has 3 N–H and O–H groups in total. The van der Waals surface area contributed by atoms with Gasteiger partial charge in [0, 0.05) is 12.5 Å². The number of nitrogen functional groups attached to an aromatic ring is 1. The van der Waals surface area contributed by atoms with Crippen molar-refractivity contribution in [2.75, 3.05) is 12.3 Å². The molecule has 0 aliphatic heterocycles. The average Bonchev–Trinajstić information content (AvgIpc) is 2.73. The van der Waals surface area contributed by atoms with Gasteiger partial charge in [-0.2, -0.15) is 0 Å². The number of aliphatic hydroxyl groups excluding tert-OH is 1. The van der Waals surface area contributed by atoms with E-state index in [4.69, 9.17) is 10.8 Å². The first-order chi connectivity index (χ1) is 8.22. The number of aromatic nitrogens is 4. The Morgan fingerprint density at radius 1 is 1.47 bits per heavy atom. The van der Waals surface area contributed by atoms with E-state index in [1.807, 2.05) is 0 Å². The molecule has 1 aliphatic rings. The van der Waals surface area contributed by atoms with Crippen molar-refractivity contribution in [2.24, 2.45) is 5.92 Å². The highest BCUT2D eigenvalue weighted by Crippen LogP contribution is 2.41. The molecule has 0 spiro atoms. The molecule has 2 aromatic rings. The maximum absolute atomic E-state index is 13.8. The van der Waals surface area contributed by atoms with Crippen LogP contribution in [0.15, 0.2) is 12.7 Å². The zero-order chi connectivity index (χ0) is 12.0. The predicted octanol–water partition coefficient (Wildman–Crippen LogP) is 0.300. The normalized spacial score (nSPS) is 28.2. The first-order valence-corrected chi connectivity index (χ1v) is 5.40. The fourth-order valence-electron chi connectivity index (χ4n) is 2.24. The smallest absolute Gasteiger partial charge is 0.165 e. The van der Waals surface area contributed by atoms with Gasteiger partial charge in [-0.1, -0.05) is 0 Å². The maximum atomic E-state index is 13.8. The van der Waals surface area contributed by atoms with Crippen LogP contribution in [0.5, 0.6) is 0 Å². The summed E-state index contributed by atoms with van der Waals surface area (Å²) in [6.07, 6.45) is 2.40. The number of halogens is 1. The molecule has 1 aliphatic carbocycles. The summed E-state index contributed by atoms with van der Waals surface area (Å²) in [7, 11) is 0. The van der Waals surface area contributed by atoms with Crippen molar-refractivity contribution < 1.29 is 9.50 Å². The van der Waals surface area contributed by atoms with Crippen LogP contribution in [0.3, 0.4) is 0 Å². The Morgan fingerprint density at radius 3 is 3.00 bits per heavy atom. The van der Waals surface area contributed by atoms with Gasteiger partial charge >= 0.3 is 0 Å². The molecule has 2 aromatic heterocycles. The van der Waals surface area contributed by atoms with Gasteiger partial charge < -0.3 is 15.4 Å². The summed E-state index contributed by atoms with van der Waals surface area (Å²) in [5, 5.41) is 8.92. The summed E-state index contributed by atoms with van der Waals surface area (Å²) >= 11 is 0. The zero-order valence-corrected chi connectivity index (χ0v) is 8.99. The standard InChI is InChI=1S/C10H12FN5O/c11-7-5(2-17)1-6(7)16-4-15-8-9(12)13-3-14-10(8)16/h3-7,17H,1-2H2,(H2,12,13,14).